The lowest BCUT2D eigenvalue weighted by Gasteiger charge is -2.29. The van der Waals surface area contributed by atoms with Crippen molar-refractivity contribution in [1.82, 2.24) is 19.9 Å². The summed E-state index contributed by atoms with van der Waals surface area (Å²) < 4.78 is 15.5. The van der Waals surface area contributed by atoms with Gasteiger partial charge in [-0.2, -0.15) is 0 Å². The molecule has 2 aromatic rings. The maximum atomic E-state index is 13.8. The summed E-state index contributed by atoms with van der Waals surface area (Å²) in [7, 11) is 0. The van der Waals surface area contributed by atoms with E-state index in [2.05, 4.69) is 15.2 Å². The van der Waals surface area contributed by atoms with E-state index in [4.69, 9.17) is 0 Å². The Balaban J connectivity index is 1.42. The summed E-state index contributed by atoms with van der Waals surface area (Å²) in [5.74, 6) is 0.126. The number of hydrogen-bond acceptors (Lipinski definition) is 4. The Hall–Kier alpha value is -2.63. The van der Waals surface area contributed by atoms with Crippen LogP contribution in [0, 0.1) is 5.82 Å². The molecule has 1 N–H and O–H groups in total. The van der Waals surface area contributed by atoms with Crippen LogP contribution in [0.1, 0.15) is 26.2 Å². The summed E-state index contributed by atoms with van der Waals surface area (Å²) >= 11 is 0. The molecular weight excluding hydrogens is 319 g/mol. The molecule has 0 spiro atoms. The number of rotatable bonds is 7. The van der Waals surface area contributed by atoms with Crippen LogP contribution in [0.5, 0.6) is 0 Å². The van der Waals surface area contributed by atoms with Gasteiger partial charge in [-0.15, -0.1) is 5.10 Å². The number of allylic oxidation sites excluding steroid dienone is 2. The number of aromatic nitrogens is 3. The van der Waals surface area contributed by atoms with Gasteiger partial charge in [0.2, 0.25) is 0 Å². The quantitative estimate of drug-likeness (QED) is 0.775. The van der Waals surface area contributed by atoms with Crippen LogP contribution in [0.4, 0.5) is 4.39 Å². The van der Waals surface area contributed by atoms with Crippen molar-refractivity contribution in [1.29, 1.82) is 0 Å². The van der Waals surface area contributed by atoms with Gasteiger partial charge in [-0.25, -0.2) is 4.39 Å². The molecule has 1 unspecified atom stereocenters. The number of halogens is 1. The number of hydrogen-bond donors (Lipinski definition) is 1. The highest BCUT2D eigenvalue weighted by Crippen LogP contribution is 2.19. The summed E-state index contributed by atoms with van der Waals surface area (Å²) in [6.07, 6.45) is 10.5. The predicted octanol–water partition coefficient (Wildman–Crippen LogP) is 3.91. The molecule has 0 radical (unpaired) electrons. The molecule has 2 heterocycles. The molecule has 0 fully saturated rings. The minimum absolute atomic E-state index is 0.0450. The molecule has 0 amide bonds. The summed E-state index contributed by atoms with van der Waals surface area (Å²) in [6, 6.07) is 6.64. The van der Waals surface area contributed by atoms with E-state index in [1.165, 1.54) is 6.07 Å². The van der Waals surface area contributed by atoms with Crippen LogP contribution in [0.25, 0.3) is 11.3 Å². The largest absolute Gasteiger partial charge is 0.510 e. The van der Waals surface area contributed by atoms with Gasteiger partial charge in [-0.3, -0.25) is 4.68 Å². The Bertz CT molecular complexity index is 768. The monoisotopic (exact) mass is 342 g/mol. The minimum atomic E-state index is -0.282. The van der Waals surface area contributed by atoms with Crippen molar-refractivity contribution in [3.63, 3.8) is 0 Å². The number of unbranched alkanes of at least 4 members (excludes halogenated alkanes) is 2. The van der Waals surface area contributed by atoms with E-state index in [0.717, 1.165) is 32.4 Å². The first-order valence-corrected chi connectivity index (χ1v) is 8.63. The van der Waals surface area contributed by atoms with Crippen molar-refractivity contribution in [3.8, 4) is 11.3 Å². The fraction of sp³-hybridized carbons (Fsp3) is 0.368. The first-order chi connectivity index (χ1) is 12.1. The topological polar surface area (TPSA) is 54.2 Å². The zero-order valence-electron chi connectivity index (χ0n) is 14.3. The highest BCUT2D eigenvalue weighted by Gasteiger charge is 2.15. The molecular formula is C19H23FN4O. The van der Waals surface area contributed by atoms with Crippen molar-refractivity contribution < 1.29 is 9.50 Å². The van der Waals surface area contributed by atoms with E-state index in [-0.39, 0.29) is 11.9 Å². The molecule has 5 nitrogen and oxygen atoms in total. The Morgan fingerprint density at radius 2 is 1.96 bits per heavy atom. The van der Waals surface area contributed by atoms with Crippen LogP contribution in [-0.2, 0) is 6.54 Å². The van der Waals surface area contributed by atoms with Crippen molar-refractivity contribution in [2.45, 2.75) is 38.8 Å². The van der Waals surface area contributed by atoms with E-state index in [1.54, 1.807) is 35.2 Å². The second kappa shape index (κ2) is 7.96. The highest BCUT2D eigenvalue weighted by molar-refractivity contribution is 5.58. The van der Waals surface area contributed by atoms with Crippen LogP contribution in [-0.4, -0.2) is 37.6 Å². The van der Waals surface area contributed by atoms with Gasteiger partial charge in [0, 0.05) is 18.7 Å². The zero-order chi connectivity index (χ0) is 17.6. The van der Waals surface area contributed by atoms with Gasteiger partial charge < -0.3 is 10.0 Å². The van der Waals surface area contributed by atoms with E-state index in [9.17, 15) is 9.50 Å². The van der Waals surface area contributed by atoms with Crippen molar-refractivity contribution >= 4 is 0 Å². The average molecular weight is 342 g/mol. The Labute approximate surface area is 147 Å². The van der Waals surface area contributed by atoms with Crippen LogP contribution in [0.3, 0.4) is 0 Å². The number of aliphatic hydroxyl groups excluding tert-OH is 1. The molecule has 0 saturated heterocycles. The van der Waals surface area contributed by atoms with Gasteiger partial charge in [-0.1, -0.05) is 17.3 Å². The summed E-state index contributed by atoms with van der Waals surface area (Å²) in [4.78, 5) is 2.14. The molecule has 3 rings (SSSR count). The normalized spacial score (nSPS) is 17.0. The van der Waals surface area contributed by atoms with Crippen LogP contribution in [0.15, 0.2) is 54.6 Å². The smallest absolute Gasteiger partial charge is 0.132 e. The van der Waals surface area contributed by atoms with Gasteiger partial charge in [0.15, 0.2) is 0 Å². The third-order valence-corrected chi connectivity index (χ3v) is 4.46. The molecule has 1 aliphatic heterocycles. The van der Waals surface area contributed by atoms with E-state index < -0.39 is 0 Å². The Morgan fingerprint density at radius 3 is 2.80 bits per heavy atom. The van der Waals surface area contributed by atoms with E-state index >= 15 is 0 Å². The summed E-state index contributed by atoms with van der Waals surface area (Å²) in [6.45, 7) is 3.67. The number of nitrogens with zero attached hydrogens (tertiary/aromatic N) is 4. The fourth-order valence-electron chi connectivity index (χ4n) is 2.90. The number of aliphatic hydroxyl groups is 1. The molecule has 0 aliphatic carbocycles. The molecule has 132 valence electrons. The third-order valence-electron chi connectivity index (χ3n) is 4.46. The van der Waals surface area contributed by atoms with Crippen LogP contribution >= 0.6 is 0 Å². The highest BCUT2D eigenvalue weighted by atomic mass is 19.1. The molecule has 6 heteroatoms. The van der Waals surface area contributed by atoms with Gasteiger partial charge in [0.25, 0.3) is 0 Å². The molecule has 1 aliphatic rings. The molecule has 1 aromatic heterocycles. The Kier molecular flexibility index (Phi) is 5.48. The second-order valence-electron chi connectivity index (χ2n) is 6.25. The van der Waals surface area contributed by atoms with Gasteiger partial charge in [0.05, 0.1) is 12.2 Å². The molecule has 0 saturated carbocycles. The molecule has 1 atom stereocenters. The lowest BCUT2D eigenvalue weighted by Crippen LogP contribution is -2.32. The SMILES string of the molecule is CC1C(O)=CC=CN1CCCCCn1cc(-c2ccccc2F)nn1. The maximum absolute atomic E-state index is 13.8. The predicted molar refractivity (Wildman–Crippen MR) is 95.3 cm³/mol. The first kappa shape index (κ1) is 17.2. The van der Waals surface area contributed by atoms with Crippen molar-refractivity contribution in [2.24, 2.45) is 0 Å². The standard InChI is InChI=1S/C19H23FN4O/c1-15-19(25)10-7-12-23(15)11-5-2-6-13-24-14-18(21-22-24)16-8-3-4-9-17(16)20/h3-4,7-10,12,14-15,25H,2,5-6,11,13H2,1H3. The first-order valence-electron chi connectivity index (χ1n) is 8.63. The van der Waals surface area contributed by atoms with Gasteiger partial charge in [0.1, 0.15) is 17.3 Å². The van der Waals surface area contributed by atoms with Crippen molar-refractivity contribution in [3.05, 3.63) is 60.4 Å². The van der Waals surface area contributed by atoms with E-state index in [0.29, 0.717) is 17.0 Å². The van der Waals surface area contributed by atoms with E-state index in [1.807, 2.05) is 19.2 Å². The fourth-order valence-corrected chi connectivity index (χ4v) is 2.90. The number of benzene rings is 1. The van der Waals surface area contributed by atoms with Crippen LogP contribution in [0.2, 0.25) is 0 Å². The summed E-state index contributed by atoms with van der Waals surface area (Å²) in [5.41, 5.74) is 1.04. The zero-order valence-corrected chi connectivity index (χ0v) is 14.3. The van der Waals surface area contributed by atoms with Crippen LogP contribution < -0.4 is 0 Å². The summed E-state index contributed by atoms with van der Waals surface area (Å²) in [5, 5.41) is 17.9. The lowest BCUT2D eigenvalue weighted by atomic mass is 10.1. The molecule has 0 bridgehead atoms. The lowest BCUT2D eigenvalue weighted by molar-refractivity contribution is 0.236. The average Bonchev–Trinajstić information content (AvgIpc) is 3.07. The van der Waals surface area contributed by atoms with Crippen molar-refractivity contribution in [2.75, 3.05) is 6.54 Å². The number of aryl methyl sites for hydroxylation is 1. The van der Waals surface area contributed by atoms with Gasteiger partial charge in [-0.05, 0) is 56.7 Å². The third kappa shape index (κ3) is 4.26. The van der Waals surface area contributed by atoms with Gasteiger partial charge >= 0.3 is 0 Å². The molecule has 1 aromatic carbocycles. The Morgan fingerprint density at radius 1 is 1.16 bits per heavy atom. The minimum Gasteiger partial charge on any atom is -0.510 e. The maximum Gasteiger partial charge on any atom is 0.132 e. The molecule has 25 heavy (non-hydrogen) atoms. The second-order valence-corrected chi connectivity index (χ2v) is 6.25.